The predicted octanol–water partition coefficient (Wildman–Crippen LogP) is 3.06. The number of carbonyl (C=O) groups is 2. The summed E-state index contributed by atoms with van der Waals surface area (Å²) in [5, 5.41) is 0. The molecule has 0 saturated heterocycles. The van der Waals surface area contributed by atoms with Crippen molar-refractivity contribution < 1.29 is 28.5 Å². The van der Waals surface area contributed by atoms with E-state index in [1.54, 1.807) is 25.3 Å². The van der Waals surface area contributed by atoms with E-state index in [9.17, 15) is 9.59 Å². The van der Waals surface area contributed by atoms with Crippen molar-refractivity contribution in [3.63, 3.8) is 0 Å². The van der Waals surface area contributed by atoms with Crippen molar-refractivity contribution in [2.24, 2.45) is 0 Å². The molecular weight excluding hydrogens is 362 g/mol. The first-order valence-corrected chi connectivity index (χ1v) is 8.71. The zero-order valence-electron chi connectivity index (χ0n) is 16.5. The Morgan fingerprint density at radius 2 is 1.54 bits per heavy atom. The molecule has 0 unspecified atom stereocenters. The van der Waals surface area contributed by atoms with Crippen molar-refractivity contribution in [3.8, 4) is 11.5 Å². The summed E-state index contributed by atoms with van der Waals surface area (Å²) in [4.78, 5) is 26.3. The van der Waals surface area contributed by atoms with E-state index in [1.165, 1.54) is 26.2 Å². The zero-order chi connectivity index (χ0) is 20.5. The minimum atomic E-state index is -0.840. The Balaban J connectivity index is 2.36. The molecule has 2 rings (SSSR count). The Morgan fingerprint density at radius 3 is 2.11 bits per heavy atom. The molecule has 7 heteroatoms. The smallest absolute Gasteiger partial charge is 0.410 e. The van der Waals surface area contributed by atoms with E-state index >= 15 is 0 Å². The van der Waals surface area contributed by atoms with Crippen molar-refractivity contribution >= 4 is 12.1 Å². The molecule has 1 atom stereocenters. The highest BCUT2D eigenvalue weighted by Crippen LogP contribution is 2.28. The van der Waals surface area contributed by atoms with Gasteiger partial charge in [0.05, 0.1) is 35.0 Å². The van der Waals surface area contributed by atoms with Gasteiger partial charge in [-0.15, -0.1) is 0 Å². The molecule has 1 amide bonds. The number of benzene rings is 2. The highest BCUT2D eigenvalue weighted by molar-refractivity contribution is 5.81. The Hall–Kier alpha value is -3.22. The third-order valence-corrected chi connectivity index (χ3v) is 4.33. The second kappa shape index (κ2) is 10.2. The van der Waals surface area contributed by atoms with Crippen LogP contribution in [0.5, 0.6) is 11.5 Å². The number of carbonyl (C=O) groups excluding carboxylic acids is 2. The Labute approximate surface area is 164 Å². The van der Waals surface area contributed by atoms with Crippen LogP contribution in [-0.4, -0.2) is 51.4 Å². The van der Waals surface area contributed by atoms with Gasteiger partial charge in [0.15, 0.2) is 11.5 Å². The summed E-state index contributed by atoms with van der Waals surface area (Å²) in [6.45, 7) is 0.139. The van der Waals surface area contributed by atoms with Crippen LogP contribution in [0.25, 0.3) is 0 Å². The minimum Gasteiger partial charge on any atom is -0.493 e. The highest BCUT2D eigenvalue weighted by atomic mass is 16.5. The van der Waals surface area contributed by atoms with Gasteiger partial charge in [-0.05, 0) is 23.3 Å². The van der Waals surface area contributed by atoms with Crippen molar-refractivity contribution in [3.05, 3.63) is 59.7 Å². The van der Waals surface area contributed by atoms with Crippen molar-refractivity contribution in [2.75, 3.05) is 28.4 Å². The van der Waals surface area contributed by atoms with Crippen LogP contribution < -0.4 is 9.47 Å². The molecule has 0 spiro atoms. The molecule has 7 nitrogen and oxygen atoms in total. The fraction of sp³-hybridized carbons (Fsp3) is 0.333. The van der Waals surface area contributed by atoms with Crippen LogP contribution in [0.2, 0.25) is 0 Å². The fourth-order valence-corrected chi connectivity index (χ4v) is 2.89. The first-order chi connectivity index (χ1) is 13.5. The summed E-state index contributed by atoms with van der Waals surface area (Å²) in [6, 6.07) is 13.9. The topological polar surface area (TPSA) is 74.3 Å². The second-order valence-electron chi connectivity index (χ2n) is 6.02. The van der Waals surface area contributed by atoms with Crippen molar-refractivity contribution in [1.29, 1.82) is 0 Å². The standard InChI is InChI=1S/C21H25NO6/c1-25-18-11-10-16(13-19(18)26-2)14-22(21(24)28-4)17(20(23)27-3)12-15-8-6-5-7-9-15/h5-11,13,17H,12,14H2,1-4H3/t17-/m0/s1. The quantitative estimate of drug-likeness (QED) is 0.648. The lowest BCUT2D eigenvalue weighted by Gasteiger charge is -2.29. The predicted molar refractivity (Wildman–Crippen MR) is 103 cm³/mol. The third-order valence-electron chi connectivity index (χ3n) is 4.33. The van der Waals surface area contributed by atoms with Gasteiger partial charge in [0, 0.05) is 6.42 Å². The highest BCUT2D eigenvalue weighted by Gasteiger charge is 2.32. The summed E-state index contributed by atoms with van der Waals surface area (Å²) in [6.07, 6.45) is -0.322. The molecule has 0 radical (unpaired) electrons. The summed E-state index contributed by atoms with van der Waals surface area (Å²) >= 11 is 0. The average molecular weight is 387 g/mol. The monoisotopic (exact) mass is 387 g/mol. The number of amides is 1. The summed E-state index contributed by atoms with van der Waals surface area (Å²) in [5.41, 5.74) is 1.66. The SMILES string of the molecule is COC(=O)[C@H](Cc1ccccc1)N(Cc1ccc(OC)c(OC)c1)C(=O)OC. The molecule has 2 aromatic carbocycles. The van der Waals surface area contributed by atoms with Gasteiger partial charge in [-0.2, -0.15) is 0 Å². The maximum Gasteiger partial charge on any atom is 0.410 e. The number of esters is 1. The van der Waals surface area contributed by atoms with Gasteiger partial charge in [-0.1, -0.05) is 36.4 Å². The lowest BCUT2D eigenvalue weighted by Crippen LogP contribution is -2.46. The largest absolute Gasteiger partial charge is 0.493 e. The van der Waals surface area contributed by atoms with Crippen LogP contribution in [-0.2, 0) is 27.2 Å². The molecule has 0 aromatic heterocycles. The summed E-state index contributed by atoms with van der Waals surface area (Å²) in [7, 11) is 5.66. The number of nitrogens with zero attached hydrogens (tertiary/aromatic N) is 1. The second-order valence-corrected chi connectivity index (χ2v) is 6.02. The van der Waals surface area contributed by atoms with Crippen LogP contribution >= 0.6 is 0 Å². The van der Waals surface area contributed by atoms with Crippen molar-refractivity contribution in [1.82, 2.24) is 4.90 Å². The molecule has 28 heavy (non-hydrogen) atoms. The van der Waals surface area contributed by atoms with Gasteiger partial charge < -0.3 is 18.9 Å². The van der Waals surface area contributed by atoms with E-state index in [0.717, 1.165) is 11.1 Å². The maximum absolute atomic E-state index is 12.5. The van der Waals surface area contributed by atoms with Gasteiger partial charge >= 0.3 is 12.1 Å². The Kier molecular flexibility index (Phi) is 7.68. The average Bonchev–Trinajstić information content (AvgIpc) is 2.75. The lowest BCUT2D eigenvalue weighted by atomic mass is 10.0. The molecule has 0 aliphatic carbocycles. The number of hydrogen-bond donors (Lipinski definition) is 0. The van der Waals surface area contributed by atoms with Gasteiger partial charge in [0.1, 0.15) is 6.04 Å². The molecule has 150 valence electrons. The van der Waals surface area contributed by atoms with E-state index in [0.29, 0.717) is 17.9 Å². The molecular formula is C21H25NO6. The summed E-state index contributed by atoms with van der Waals surface area (Å²) in [5.74, 6) is 0.585. The molecule has 0 aliphatic rings. The maximum atomic E-state index is 12.5. The van der Waals surface area contributed by atoms with Crippen LogP contribution in [0.1, 0.15) is 11.1 Å². The molecule has 0 heterocycles. The van der Waals surface area contributed by atoms with E-state index < -0.39 is 18.1 Å². The molecule has 0 saturated carbocycles. The van der Waals surface area contributed by atoms with Crippen LogP contribution in [0.3, 0.4) is 0 Å². The first-order valence-electron chi connectivity index (χ1n) is 8.71. The number of ether oxygens (including phenoxy) is 4. The van der Waals surface area contributed by atoms with Crippen LogP contribution in [0.15, 0.2) is 48.5 Å². The zero-order valence-corrected chi connectivity index (χ0v) is 16.5. The van der Waals surface area contributed by atoms with Crippen LogP contribution in [0, 0.1) is 0 Å². The van der Waals surface area contributed by atoms with Crippen molar-refractivity contribution in [2.45, 2.75) is 19.0 Å². The third kappa shape index (κ3) is 5.16. The molecule has 0 fully saturated rings. The molecule has 0 N–H and O–H groups in total. The molecule has 2 aromatic rings. The first kappa shape index (κ1) is 21.1. The van der Waals surface area contributed by atoms with E-state index in [2.05, 4.69) is 0 Å². The van der Waals surface area contributed by atoms with Gasteiger partial charge in [0.2, 0.25) is 0 Å². The number of hydrogen-bond acceptors (Lipinski definition) is 6. The van der Waals surface area contributed by atoms with E-state index in [-0.39, 0.29) is 6.54 Å². The molecule has 0 aliphatic heterocycles. The van der Waals surface area contributed by atoms with Gasteiger partial charge in [-0.3, -0.25) is 4.90 Å². The van der Waals surface area contributed by atoms with E-state index in [4.69, 9.17) is 18.9 Å². The lowest BCUT2D eigenvalue weighted by molar-refractivity contribution is -0.146. The fourth-order valence-electron chi connectivity index (χ4n) is 2.89. The number of methoxy groups -OCH3 is 4. The Bertz CT molecular complexity index is 793. The number of rotatable bonds is 8. The summed E-state index contributed by atoms with van der Waals surface area (Å²) < 4.78 is 20.4. The minimum absolute atomic E-state index is 0.139. The van der Waals surface area contributed by atoms with E-state index in [1.807, 2.05) is 30.3 Å². The Morgan fingerprint density at radius 1 is 0.857 bits per heavy atom. The molecule has 0 bridgehead atoms. The normalized spacial score (nSPS) is 11.3. The van der Waals surface area contributed by atoms with Crippen LogP contribution in [0.4, 0.5) is 4.79 Å². The van der Waals surface area contributed by atoms with Gasteiger partial charge in [-0.25, -0.2) is 9.59 Å². The van der Waals surface area contributed by atoms with Gasteiger partial charge in [0.25, 0.3) is 0 Å².